The van der Waals surface area contributed by atoms with Crippen LogP contribution in [0, 0.1) is 0 Å². The average molecular weight is 197 g/mol. The topological polar surface area (TPSA) is 52.3 Å². The first-order valence-electron chi connectivity index (χ1n) is 3.81. The van der Waals surface area contributed by atoms with Crippen molar-refractivity contribution >= 4 is 23.4 Å². The Morgan fingerprint density at radius 2 is 2.54 bits per heavy atom. The lowest BCUT2D eigenvalue weighted by Gasteiger charge is -1.90. The van der Waals surface area contributed by atoms with Gasteiger partial charge < -0.3 is 10.5 Å². The number of hydrogen-bond acceptors (Lipinski definition) is 4. The lowest BCUT2D eigenvalue weighted by Crippen LogP contribution is -1.96. The van der Waals surface area contributed by atoms with Crippen LogP contribution in [-0.4, -0.2) is 19.6 Å². The lowest BCUT2D eigenvalue weighted by atomic mass is 10.3. The number of methoxy groups -OCH3 is 1. The Balaban J connectivity index is 2.74. The van der Waals surface area contributed by atoms with Crippen molar-refractivity contribution in [3.8, 4) is 0 Å². The molecule has 0 saturated heterocycles. The molecule has 1 aromatic rings. The number of esters is 1. The van der Waals surface area contributed by atoms with Gasteiger partial charge in [-0.05, 0) is 17.0 Å². The first-order valence-corrected chi connectivity index (χ1v) is 4.69. The van der Waals surface area contributed by atoms with E-state index in [1.807, 2.05) is 17.5 Å². The third kappa shape index (κ3) is 2.68. The fourth-order valence-corrected chi connectivity index (χ4v) is 1.64. The number of ether oxygens (including phenoxy) is 1. The van der Waals surface area contributed by atoms with Crippen LogP contribution in [0.2, 0.25) is 0 Å². The van der Waals surface area contributed by atoms with E-state index >= 15 is 0 Å². The Kier molecular flexibility index (Phi) is 3.67. The molecule has 0 unspecified atom stereocenters. The number of carbonyl (C=O) groups excluding carboxylic acids is 1. The summed E-state index contributed by atoms with van der Waals surface area (Å²) in [6.07, 6.45) is 3.71. The summed E-state index contributed by atoms with van der Waals surface area (Å²) in [6.45, 7) is 0.503. The number of hydrogen-bond donors (Lipinski definition) is 1. The summed E-state index contributed by atoms with van der Waals surface area (Å²) in [4.78, 5) is 11.7. The summed E-state index contributed by atoms with van der Waals surface area (Å²) < 4.78 is 4.58. The molecule has 4 heteroatoms. The highest BCUT2D eigenvalue weighted by Crippen LogP contribution is 2.16. The van der Waals surface area contributed by atoms with Crippen molar-refractivity contribution in [2.24, 2.45) is 5.73 Å². The molecule has 0 aliphatic heterocycles. The zero-order valence-electron chi connectivity index (χ0n) is 7.32. The minimum atomic E-state index is -0.294. The van der Waals surface area contributed by atoms with Gasteiger partial charge in [0.1, 0.15) is 4.88 Å². The summed E-state index contributed by atoms with van der Waals surface area (Å²) in [5.41, 5.74) is 6.28. The van der Waals surface area contributed by atoms with Crippen molar-refractivity contribution < 1.29 is 9.53 Å². The van der Waals surface area contributed by atoms with Gasteiger partial charge in [-0.1, -0.05) is 12.2 Å². The first-order chi connectivity index (χ1) is 6.27. The van der Waals surface area contributed by atoms with Gasteiger partial charge >= 0.3 is 5.97 Å². The molecule has 1 aromatic heterocycles. The van der Waals surface area contributed by atoms with E-state index in [9.17, 15) is 4.79 Å². The van der Waals surface area contributed by atoms with Crippen LogP contribution in [0.3, 0.4) is 0 Å². The van der Waals surface area contributed by atoms with Gasteiger partial charge in [-0.25, -0.2) is 4.79 Å². The lowest BCUT2D eigenvalue weighted by molar-refractivity contribution is 0.0606. The van der Waals surface area contributed by atoms with Gasteiger partial charge in [-0.15, -0.1) is 11.3 Å². The van der Waals surface area contributed by atoms with Crippen molar-refractivity contribution in [3.63, 3.8) is 0 Å². The smallest absolute Gasteiger partial charge is 0.348 e. The molecule has 13 heavy (non-hydrogen) atoms. The molecule has 0 bridgehead atoms. The third-order valence-electron chi connectivity index (χ3n) is 1.45. The van der Waals surface area contributed by atoms with E-state index in [2.05, 4.69) is 4.74 Å². The van der Waals surface area contributed by atoms with Crippen molar-refractivity contribution in [1.82, 2.24) is 0 Å². The Bertz CT molecular complexity index is 317. The molecule has 2 N–H and O–H groups in total. The van der Waals surface area contributed by atoms with Crippen LogP contribution < -0.4 is 5.73 Å². The highest BCUT2D eigenvalue weighted by atomic mass is 32.1. The molecule has 0 saturated carbocycles. The Labute approximate surface area is 80.8 Å². The molecule has 0 aliphatic carbocycles. The molecule has 1 heterocycles. The van der Waals surface area contributed by atoms with Crippen LogP contribution in [0.5, 0.6) is 0 Å². The van der Waals surface area contributed by atoms with E-state index in [4.69, 9.17) is 5.73 Å². The third-order valence-corrected chi connectivity index (χ3v) is 2.38. The maximum absolute atomic E-state index is 11.0. The Morgan fingerprint density at radius 1 is 1.77 bits per heavy atom. The molecule has 1 rings (SSSR count). The summed E-state index contributed by atoms with van der Waals surface area (Å²) in [6, 6.07) is 1.78. The van der Waals surface area contributed by atoms with Crippen molar-refractivity contribution in [2.75, 3.05) is 13.7 Å². The molecule has 70 valence electrons. The monoisotopic (exact) mass is 197 g/mol. The zero-order chi connectivity index (χ0) is 9.68. The number of rotatable bonds is 3. The molecule has 0 spiro atoms. The Hall–Kier alpha value is -1.13. The predicted molar refractivity (Wildman–Crippen MR) is 53.7 cm³/mol. The second-order valence-electron chi connectivity index (χ2n) is 2.37. The van der Waals surface area contributed by atoms with Crippen LogP contribution in [0.1, 0.15) is 15.2 Å². The molecule has 0 fully saturated rings. The second kappa shape index (κ2) is 4.79. The van der Waals surface area contributed by atoms with E-state index in [1.54, 1.807) is 6.07 Å². The van der Waals surface area contributed by atoms with E-state index in [1.165, 1.54) is 18.4 Å². The van der Waals surface area contributed by atoms with E-state index in [-0.39, 0.29) is 5.97 Å². The van der Waals surface area contributed by atoms with Crippen LogP contribution >= 0.6 is 11.3 Å². The SMILES string of the molecule is COC(=O)c1cc(C=CCN)cs1. The number of carbonyl (C=O) groups is 1. The quantitative estimate of drug-likeness (QED) is 0.747. The highest BCUT2D eigenvalue weighted by Gasteiger charge is 2.06. The maximum Gasteiger partial charge on any atom is 0.348 e. The molecule has 0 aliphatic rings. The normalized spacial score (nSPS) is 10.6. The fraction of sp³-hybridized carbons (Fsp3) is 0.222. The summed E-state index contributed by atoms with van der Waals surface area (Å²) >= 11 is 1.37. The molecule has 3 nitrogen and oxygen atoms in total. The van der Waals surface area contributed by atoms with Crippen molar-refractivity contribution in [2.45, 2.75) is 0 Å². The van der Waals surface area contributed by atoms with Gasteiger partial charge in [0.25, 0.3) is 0 Å². The minimum Gasteiger partial charge on any atom is -0.465 e. The molecular formula is C9H11NO2S. The molecule has 0 amide bonds. The van der Waals surface area contributed by atoms with E-state index < -0.39 is 0 Å². The van der Waals surface area contributed by atoms with Gasteiger partial charge in [-0.3, -0.25) is 0 Å². The van der Waals surface area contributed by atoms with Gasteiger partial charge in [0, 0.05) is 6.54 Å². The van der Waals surface area contributed by atoms with Crippen LogP contribution in [0.4, 0.5) is 0 Å². The van der Waals surface area contributed by atoms with Crippen molar-refractivity contribution in [3.05, 3.63) is 28.0 Å². The minimum absolute atomic E-state index is 0.294. The van der Waals surface area contributed by atoms with Gasteiger partial charge in [0.05, 0.1) is 7.11 Å². The summed E-state index contributed by atoms with van der Waals surface area (Å²) in [5, 5.41) is 1.89. The second-order valence-corrected chi connectivity index (χ2v) is 3.29. The van der Waals surface area contributed by atoms with E-state index in [0.717, 1.165) is 5.56 Å². The van der Waals surface area contributed by atoms with E-state index in [0.29, 0.717) is 11.4 Å². The van der Waals surface area contributed by atoms with Crippen LogP contribution in [0.15, 0.2) is 17.5 Å². The van der Waals surface area contributed by atoms with Crippen molar-refractivity contribution in [1.29, 1.82) is 0 Å². The van der Waals surface area contributed by atoms with Gasteiger partial charge in [-0.2, -0.15) is 0 Å². The first kappa shape index (κ1) is 9.95. The predicted octanol–water partition coefficient (Wildman–Crippen LogP) is 1.51. The standard InChI is InChI=1S/C9H11NO2S/c1-12-9(11)8-5-7(6-13-8)3-2-4-10/h2-3,5-6H,4,10H2,1H3. The molecular weight excluding hydrogens is 186 g/mol. The van der Waals surface area contributed by atoms with Crippen LogP contribution in [0.25, 0.3) is 6.08 Å². The summed E-state index contributed by atoms with van der Waals surface area (Å²) in [5.74, 6) is -0.294. The largest absolute Gasteiger partial charge is 0.465 e. The molecule has 0 atom stereocenters. The number of thiophene rings is 1. The zero-order valence-corrected chi connectivity index (χ0v) is 8.14. The van der Waals surface area contributed by atoms with Gasteiger partial charge in [0.2, 0.25) is 0 Å². The fourth-order valence-electron chi connectivity index (χ4n) is 0.850. The molecule has 0 radical (unpaired) electrons. The number of nitrogens with two attached hydrogens (primary N) is 1. The highest BCUT2D eigenvalue weighted by molar-refractivity contribution is 7.12. The maximum atomic E-state index is 11.0. The summed E-state index contributed by atoms with van der Waals surface area (Å²) in [7, 11) is 1.37. The molecule has 0 aromatic carbocycles. The average Bonchev–Trinajstić information content (AvgIpc) is 2.62. The van der Waals surface area contributed by atoms with Crippen LogP contribution in [-0.2, 0) is 4.74 Å². The van der Waals surface area contributed by atoms with Gasteiger partial charge in [0.15, 0.2) is 0 Å². The Morgan fingerprint density at radius 3 is 3.15 bits per heavy atom.